The molecule has 0 aliphatic rings. The van der Waals surface area contributed by atoms with Gasteiger partial charge in [0.15, 0.2) is 0 Å². The number of aryl methyl sites for hydroxylation is 1. The van der Waals surface area contributed by atoms with E-state index in [-0.39, 0.29) is 11.5 Å². The highest BCUT2D eigenvalue weighted by molar-refractivity contribution is 5.93. The van der Waals surface area contributed by atoms with Gasteiger partial charge in [0, 0.05) is 19.3 Å². The molecule has 0 saturated heterocycles. The first-order chi connectivity index (χ1) is 10.6. The van der Waals surface area contributed by atoms with Gasteiger partial charge < -0.3 is 10.4 Å². The van der Waals surface area contributed by atoms with Crippen molar-refractivity contribution in [1.82, 2.24) is 15.1 Å². The number of amides is 1. The minimum Gasteiger partial charge on any atom is -0.478 e. The number of hydrogen-bond donors (Lipinski definition) is 2. The lowest BCUT2D eigenvalue weighted by Crippen LogP contribution is -2.25. The molecule has 6 heteroatoms. The van der Waals surface area contributed by atoms with E-state index >= 15 is 0 Å². The highest BCUT2D eigenvalue weighted by Crippen LogP contribution is 2.06. The predicted octanol–water partition coefficient (Wildman–Crippen LogP) is 1.96. The Morgan fingerprint density at radius 3 is 2.86 bits per heavy atom. The van der Waals surface area contributed by atoms with E-state index in [0.717, 1.165) is 18.5 Å². The van der Waals surface area contributed by atoms with Gasteiger partial charge in [-0.2, -0.15) is 5.10 Å². The fourth-order valence-corrected chi connectivity index (χ4v) is 2.11. The molecule has 6 nitrogen and oxygen atoms in total. The van der Waals surface area contributed by atoms with Gasteiger partial charge in [0.25, 0.3) is 5.91 Å². The minimum absolute atomic E-state index is 0.170. The maximum atomic E-state index is 12.0. The molecule has 1 aromatic carbocycles. The first-order valence-electron chi connectivity index (χ1n) is 7.23. The van der Waals surface area contributed by atoms with Gasteiger partial charge in [-0.05, 0) is 30.5 Å². The number of nitrogens with zero attached hydrogens (tertiary/aromatic N) is 2. The van der Waals surface area contributed by atoms with Gasteiger partial charge in [0.2, 0.25) is 0 Å². The third-order valence-corrected chi connectivity index (χ3v) is 3.22. The molecule has 22 heavy (non-hydrogen) atoms. The number of carbonyl (C=O) groups is 2. The van der Waals surface area contributed by atoms with Gasteiger partial charge in [-0.25, -0.2) is 4.79 Å². The van der Waals surface area contributed by atoms with Crippen molar-refractivity contribution in [3.05, 3.63) is 53.3 Å². The van der Waals surface area contributed by atoms with Crippen LogP contribution in [0.25, 0.3) is 0 Å². The zero-order valence-electron chi connectivity index (χ0n) is 12.5. The van der Waals surface area contributed by atoms with Gasteiger partial charge in [-0.3, -0.25) is 9.48 Å². The Hall–Kier alpha value is -2.63. The molecule has 2 aromatic rings. The smallest absolute Gasteiger partial charge is 0.335 e. The maximum absolute atomic E-state index is 12.0. The molecule has 0 unspecified atom stereocenters. The summed E-state index contributed by atoms with van der Waals surface area (Å²) in [6.07, 6.45) is 4.82. The van der Waals surface area contributed by atoms with E-state index in [1.807, 2.05) is 13.0 Å². The molecule has 116 valence electrons. The van der Waals surface area contributed by atoms with Crippen LogP contribution in [0, 0.1) is 0 Å². The van der Waals surface area contributed by atoms with Crippen molar-refractivity contribution >= 4 is 11.9 Å². The second-order valence-electron chi connectivity index (χ2n) is 5.00. The molecule has 0 bridgehead atoms. The molecule has 1 heterocycles. The molecule has 0 aliphatic carbocycles. The van der Waals surface area contributed by atoms with Crippen molar-refractivity contribution in [2.75, 3.05) is 6.54 Å². The summed E-state index contributed by atoms with van der Waals surface area (Å²) in [5.74, 6) is -1.12. The summed E-state index contributed by atoms with van der Waals surface area (Å²) in [6, 6.07) is 6.72. The minimum atomic E-state index is -0.950. The Kier molecular flexibility index (Phi) is 5.30. The van der Waals surface area contributed by atoms with Crippen molar-refractivity contribution in [1.29, 1.82) is 0 Å². The van der Waals surface area contributed by atoms with Crippen molar-refractivity contribution < 1.29 is 14.7 Å². The van der Waals surface area contributed by atoms with Crippen LogP contribution >= 0.6 is 0 Å². The number of carboxylic acids is 1. The van der Waals surface area contributed by atoms with Crippen LogP contribution in [0.3, 0.4) is 0 Å². The highest BCUT2D eigenvalue weighted by Gasteiger charge is 2.08. The van der Waals surface area contributed by atoms with Crippen LogP contribution in [-0.2, 0) is 13.0 Å². The molecule has 2 N–H and O–H groups in total. The van der Waals surface area contributed by atoms with Gasteiger partial charge in [-0.1, -0.05) is 19.1 Å². The summed E-state index contributed by atoms with van der Waals surface area (Å²) in [5, 5.41) is 15.9. The van der Waals surface area contributed by atoms with Crippen LogP contribution in [-0.4, -0.2) is 33.3 Å². The van der Waals surface area contributed by atoms with Gasteiger partial charge in [-0.15, -0.1) is 0 Å². The molecule has 0 spiro atoms. The Balaban J connectivity index is 1.86. The number of aromatic nitrogens is 2. The van der Waals surface area contributed by atoms with Crippen LogP contribution in [0.4, 0.5) is 0 Å². The first-order valence-corrected chi connectivity index (χ1v) is 7.23. The van der Waals surface area contributed by atoms with Crippen LogP contribution in [0.15, 0.2) is 36.7 Å². The fraction of sp³-hybridized carbons (Fsp3) is 0.312. The number of rotatable bonds is 7. The molecular formula is C16H19N3O3. The van der Waals surface area contributed by atoms with Crippen LogP contribution in [0.2, 0.25) is 0 Å². The van der Waals surface area contributed by atoms with Crippen LogP contribution in [0.1, 0.15) is 39.6 Å². The van der Waals surface area contributed by atoms with Gasteiger partial charge in [0.1, 0.15) is 0 Å². The molecule has 0 radical (unpaired) electrons. The topological polar surface area (TPSA) is 84.2 Å². The summed E-state index contributed by atoms with van der Waals surface area (Å²) >= 11 is 0. The second kappa shape index (κ2) is 7.40. The largest absolute Gasteiger partial charge is 0.478 e. The maximum Gasteiger partial charge on any atom is 0.335 e. The van der Waals surface area contributed by atoms with E-state index in [1.54, 1.807) is 35.3 Å². The molecule has 1 amide bonds. The number of hydrogen-bond acceptors (Lipinski definition) is 3. The molecule has 0 saturated carbocycles. The Morgan fingerprint density at radius 1 is 1.32 bits per heavy atom. The monoisotopic (exact) mass is 301 g/mol. The van der Waals surface area contributed by atoms with Gasteiger partial charge in [0.05, 0.1) is 17.3 Å². The summed E-state index contributed by atoms with van der Waals surface area (Å²) in [5.41, 5.74) is 1.67. The van der Waals surface area contributed by atoms with E-state index in [9.17, 15) is 9.59 Å². The summed E-state index contributed by atoms with van der Waals surface area (Å²) in [4.78, 5) is 22.9. The second-order valence-corrected chi connectivity index (χ2v) is 5.00. The van der Waals surface area contributed by atoms with E-state index in [2.05, 4.69) is 10.4 Å². The third-order valence-electron chi connectivity index (χ3n) is 3.22. The normalized spacial score (nSPS) is 10.4. The summed E-state index contributed by atoms with van der Waals surface area (Å²) in [7, 11) is 0. The molecular weight excluding hydrogens is 282 g/mol. The standard InChI is InChI=1S/C16H19N3O3/c1-2-8-19-11-14(10-18-19)15(20)17-7-6-12-4-3-5-13(9-12)16(21)22/h3-5,9-11H,2,6-8H2,1H3,(H,17,20)(H,21,22). The average Bonchev–Trinajstić information content (AvgIpc) is 2.96. The zero-order chi connectivity index (χ0) is 15.9. The Morgan fingerprint density at radius 2 is 2.14 bits per heavy atom. The van der Waals surface area contributed by atoms with E-state index < -0.39 is 5.97 Å². The number of benzene rings is 1. The lowest BCUT2D eigenvalue weighted by molar-refractivity contribution is 0.0696. The molecule has 1 aromatic heterocycles. The van der Waals surface area contributed by atoms with Crippen LogP contribution in [0.5, 0.6) is 0 Å². The Bertz CT molecular complexity index is 664. The number of carboxylic acid groups (broad SMARTS) is 1. The number of nitrogens with one attached hydrogen (secondary N) is 1. The van der Waals surface area contributed by atoms with Gasteiger partial charge >= 0.3 is 5.97 Å². The quantitative estimate of drug-likeness (QED) is 0.819. The SMILES string of the molecule is CCCn1cc(C(=O)NCCc2cccc(C(=O)O)c2)cn1. The lowest BCUT2D eigenvalue weighted by Gasteiger charge is -2.05. The van der Waals surface area contributed by atoms with Crippen LogP contribution < -0.4 is 5.32 Å². The molecule has 2 rings (SSSR count). The zero-order valence-corrected chi connectivity index (χ0v) is 12.5. The number of aromatic carboxylic acids is 1. The predicted molar refractivity (Wildman–Crippen MR) is 82.0 cm³/mol. The van der Waals surface area contributed by atoms with E-state index in [1.165, 1.54) is 0 Å². The molecule has 0 fully saturated rings. The summed E-state index contributed by atoms with van der Waals surface area (Å²) in [6.45, 7) is 3.28. The third kappa shape index (κ3) is 4.18. The van der Waals surface area contributed by atoms with E-state index in [4.69, 9.17) is 5.11 Å². The highest BCUT2D eigenvalue weighted by atomic mass is 16.4. The summed E-state index contributed by atoms with van der Waals surface area (Å²) < 4.78 is 1.74. The number of carbonyl (C=O) groups excluding carboxylic acids is 1. The lowest BCUT2D eigenvalue weighted by atomic mass is 10.1. The first kappa shape index (κ1) is 15.8. The Labute approximate surface area is 128 Å². The van der Waals surface area contributed by atoms with Crippen molar-refractivity contribution in [2.24, 2.45) is 0 Å². The van der Waals surface area contributed by atoms with Crippen molar-refractivity contribution in [3.63, 3.8) is 0 Å². The molecule has 0 atom stereocenters. The molecule has 0 aliphatic heterocycles. The van der Waals surface area contributed by atoms with Crippen molar-refractivity contribution in [2.45, 2.75) is 26.3 Å². The van der Waals surface area contributed by atoms with E-state index in [0.29, 0.717) is 18.5 Å². The van der Waals surface area contributed by atoms with Crippen molar-refractivity contribution in [3.8, 4) is 0 Å². The fourth-order valence-electron chi connectivity index (χ4n) is 2.11. The average molecular weight is 301 g/mol.